The second kappa shape index (κ2) is 24.2. The number of aliphatic hydroxyl groups is 6. The van der Waals surface area contributed by atoms with E-state index in [2.05, 4.69) is 16.0 Å². The van der Waals surface area contributed by atoms with E-state index in [1.807, 2.05) is 0 Å². The van der Waals surface area contributed by atoms with Gasteiger partial charge in [0.25, 0.3) is 0 Å². The Kier molecular flexibility index (Phi) is 20.2. The van der Waals surface area contributed by atoms with Gasteiger partial charge in [0.2, 0.25) is 29.5 Å². The van der Waals surface area contributed by atoms with Gasteiger partial charge < -0.3 is 90.1 Å². The van der Waals surface area contributed by atoms with Crippen LogP contribution in [-0.2, 0) is 47.6 Å². The number of hydrogen-bond acceptors (Lipinski definition) is 20. The third-order valence-corrected chi connectivity index (χ3v) is 8.51. The van der Waals surface area contributed by atoms with Crippen LogP contribution < -0.4 is 20.8 Å². The van der Waals surface area contributed by atoms with Crippen molar-refractivity contribution in [1.29, 1.82) is 0 Å². The molecule has 0 bridgehead atoms. The van der Waals surface area contributed by atoms with Crippen molar-refractivity contribution in [2.75, 3.05) is 78.9 Å². The molecular formula is C33H55N5O19. The molecule has 3 rings (SSSR count). The summed E-state index contributed by atoms with van der Waals surface area (Å²) in [6.07, 6.45) is -13.0. The average Bonchev–Trinajstić information content (AvgIpc) is 3.48. The number of carbonyl (C=O) groups is 4. The first kappa shape index (κ1) is 47.6. The summed E-state index contributed by atoms with van der Waals surface area (Å²) in [4.78, 5) is 56.1. The van der Waals surface area contributed by atoms with Gasteiger partial charge in [0.15, 0.2) is 12.6 Å². The van der Waals surface area contributed by atoms with E-state index in [9.17, 15) is 60.0 Å². The van der Waals surface area contributed by atoms with Gasteiger partial charge in [0.1, 0.15) is 36.6 Å². The highest BCUT2D eigenvalue weighted by molar-refractivity contribution is 5.84. The van der Waals surface area contributed by atoms with Crippen LogP contribution in [0.4, 0.5) is 0 Å². The van der Waals surface area contributed by atoms with Crippen LogP contribution in [0.15, 0.2) is 12.1 Å². The first-order valence-corrected chi connectivity index (χ1v) is 18.2. The first-order valence-electron chi connectivity index (χ1n) is 18.2. The Morgan fingerprint density at radius 2 is 1.02 bits per heavy atom. The molecule has 0 aliphatic carbocycles. The Labute approximate surface area is 327 Å². The van der Waals surface area contributed by atoms with E-state index in [-0.39, 0.29) is 72.2 Å². The minimum Gasteiger partial charge on any atom is -0.492 e. The van der Waals surface area contributed by atoms with Crippen LogP contribution in [0, 0.1) is 0 Å². The minimum absolute atomic E-state index is 0.0300. The van der Waals surface area contributed by atoms with Crippen LogP contribution in [-0.4, -0.2) is 214 Å². The first-order chi connectivity index (χ1) is 27.1. The number of aliphatic hydroxyl groups excluding tert-OH is 6. The van der Waals surface area contributed by atoms with Crippen molar-refractivity contribution in [2.45, 2.75) is 81.7 Å². The van der Waals surface area contributed by atoms with E-state index in [1.165, 1.54) is 18.7 Å². The summed E-state index contributed by atoms with van der Waals surface area (Å²) in [6, 6.07) is 2.28. The molecule has 2 aliphatic rings. The fourth-order valence-corrected chi connectivity index (χ4v) is 5.36. The number of rotatable bonds is 24. The summed E-state index contributed by atoms with van der Waals surface area (Å²) in [5.74, 6) is -3.40. The molecule has 2 fully saturated rings. The summed E-state index contributed by atoms with van der Waals surface area (Å²) in [7, 11) is 0. The molecule has 11 N–H and O–H groups in total. The lowest BCUT2D eigenvalue weighted by atomic mass is 10.0. The summed E-state index contributed by atoms with van der Waals surface area (Å²) in [5.41, 5.74) is 0. The van der Waals surface area contributed by atoms with Gasteiger partial charge in [0.05, 0.1) is 77.9 Å². The van der Waals surface area contributed by atoms with Gasteiger partial charge in [-0.25, -0.2) is 4.79 Å². The molecule has 57 heavy (non-hydrogen) atoms. The smallest absolute Gasteiger partial charge is 0.335 e. The fourth-order valence-electron chi connectivity index (χ4n) is 5.36. The lowest BCUT2D eigenvalue weighted by molar-refractivity contribution is -0.292. The van der Waals surface area contributed by atoms with Crippen LogP contribution in [0.3, 0.4) is 0 Å². The second-order valence-electron chi connectivity index (χ2n) is 13.1. The van der Waals surface area contributed by atoms with Crippen molar-refractivity contribution in [3.63, 3.8) is 0 Å². The van der Waals surface area contributed by atoms with Crippen LogP contribution in [0.5, 0.6) is 11.8 Å². The van der Waals surface area contributed by atoms with E-state index in [4.69, 9.17) is 33.3 Å². The van der Waals surface area contributed by atoms with Gasteiger partial charge in [-0.1, -0.05) is 0 Å². The van der Waals surface area contributed by atoms with E-state index < -0.39 is 110 Å². The highest BCUT2D eigenvalue weighted by Crippen LogP contribution is 2.23. The molecule has 0 saturated carbocycles. The maximum absolute atomic E-state index is 12.8. The van der Waals surface area contributed by atoms with E-state index in [0.717, 1.165) is 12.1 Å². The Morgan fingerprint density at radius 3 is 1.46 bits per heavy atom. The SMILES string of the molecule is CC1OC(OCCNC(=O)CN(CC(=O)NCCOCCOCCC(=O)On2c(O)ccc2O)CC(=O)NCCOC2OC(C)C(O)C(O)C2O)C(O)C(O)C1O. The highest BCUT2D eigenvalue weighted by Gasteiger charge is 2.43. The molecule has 10 atom stereocenters. The van der Waals surface area contributed by atoms with Gasteiger partial charge in [0, 0.05) is 31.8 Å². The number of nitrogens with zero attached hydrogens (tertiary/aromatic N) is 2. The normalized spacial score (nSPS) is 27.5. The Morgan fingerprint density at radius 1 is 0.614 bits per heavy atom. The zero-order valence-electron chi connectivity index (χ0n) is 31.6. The van der Waals surface area contributed by atoms with Crippen LogP contribution in [0.1, 0.15) is 20.3 Å². The molecule has 24 nitrogen and oxygen atoms in total. The molecule has 3 amide bonds. The number of hydrogen-bond donors (Lipinski definition) is 11. The number of amides is 3. The predicted molar refractivity (Wildman–Crippen MR) is 188 cm³/mol. The Bertz CT molecular complexity index is 1330. The number of nitrogens with one attached hydrogen (secondary N) is 3. The third kappa shape index (κ3) is 15.8. The topological polar surface area (TPSA) is 339 Å². The van der Waals surface area contributed by atoms with Gasteiger partial charge >= 0.3 is 5.97 Å². The average molecular weight is 826 g/mol. The molecule has 0 radical (unpaired) electrons. The second-order valence-corrected chi connectivity index (χ2v) is 13.1. The van der Waals surface area contributed by atoms with Crippen molar-refractivity contribution in [1.82, 2.24) is 25.6 Å². The molecule has 326 valence electrons. The number of ether oxygens (including phenoxy) is 6. The Balaban J connectivity index is 1.37. The largest absolute Gasteiger partial charge is 0.492 e. The van der Waals surface area contributed by atoms with Crippen LogP contribution >= 0.6 is 0 Å². The van der Waals surface area contributed by atoms with E-state index in [0.29, 0.717) is 4.73 Å². The van der Waals surface area contributed by atoms with Crippen LogP contribution in [0.25, 0.3) is 0 Å². The van der Waals surface area contributed by atoms with Crippen molar-refractivity contribution >= 4 is 23.7 Å². The predicted octanol–water partition coefficient (Wildman–Crippen LogP) is -6.38. The van der Waals surface area contributed by atoms with Gasteiger partial charge in [-0.15, -0.1) is 4.73 Å². The lowest BCUT2D eigenvalue weighted by Crippen LogP contribution is -2.57. The number of carbonyl (C=O) groups excluding carboxylic acids is 4. The fraction of sp³-hybridized carbons (Fsp3) is 0.758. The Hall–Kier alpha value is -3.76. The molecule has 0 spiro atoms. The van der Waals surface area contributed by atoms with Gasteiger partial charge in [-0.05, 0) is 13.8 Å². The molecule has 3 heterocycles. The monoisotopic (exact) mass is 825 g/mol. The van der Waals surface area contributed by atoms with Gasteiger partial charge in [-0.2, -0.15) is 0 Å². The molecule has 1 aromatic heterocycles. The summed E-state index contributed by atoms with van der Waals surface area (Å²) >= 11 is 0. The highest BCUT2D eigenvalue weighted by atomic mass is 16.7. The standard InChI is InChI=1S/C33H55N5O19/c1-18-26(45)28(47)30(49)32(55-18)53-11-7-35-21(40)16-37(17-22(41)36-8-12-54-33-31(50)29(48)27(46)19(2)56-33)15-20(39)34-6-10-52-14-13-51-9-5-25(44)57-38-23(42)3-4-24(38)43/h3-4,18-19,26-33,42-43,45-50H,5-17H2,1-2H3,(H,34,39)(H,35,40)(H,36,41). The summed E-state index contributed by atoms with van der Waals surface area (Å²) < 4.78 is 32.7. The molecule has 1 aromatic rings. The minimum atomic E-state index is -1.53. The van der Waals surface area contributed by atoms with Gasteiger partial charge in [-0.3, -0.25) is 19.3 Å². The number of aromatic nitrogens is 1. The zero-order valence-corrected chi connectivity index (χ0v) is 31.6. The van der Waals surface area contributed by atoms with Crippen molar-refractivity contribution in [3.8, 4) is 11.8 Å². The molecule has 2 aliphatic heterocycles. The maximum Gasteiger partial charge on any atom is 0.335 e. The molecule has 0 aromatic carbocycles. The maximum atomic E-state index is 12.8. The van der Waals surface area contributed by atoms with E-state index in [1.54, 1.807) is 0 Å². The molecular weight excluding hydrogens is 770 g/mol. The summed E-state index contributed by atoms with van der Waals surface area (Å²) in [5, 5.41) is 86.4. The summed E-state index contributed by atoms with van der Waals surface area (Å²) in [6.45, 7) is 1.66. The van der Waals surface area contributed by atoms with Crippen molar-refractivity contribution in [3.05, 3.63) is 12.1 Å². The van der Waals surface area contributed by atoms with E-state index >= 15 is 0 Å². The molecule has 10 unspecified atom stereocenters. The lowest BCUT2D eigenvalue weighted by Gasteiger charge is -2.38. The quantitative estimate of drug-likeness (QED) is 0.0432. The third-order valence-electron chi connectivity index (χ3n) is 8.51. The molecule has 2 saturated heterocycles. The number of aromatic hydroxyl groups is 2. The molecule has 24 heteroatoms. The van der Waals surface area contributed by atoms with Crippen molar-refractivity contribution in [2.24, 2.45) is 0 Å². The van der Waals surface area contributed by atoms with Crippen molar-refractivity contribution < 1.29 is 93.3 Å². The zero-order chi connectivity index (χ0) is 42.1. The van der Waals surface area contributed by atoms with Crippen LogP contribution in [0.2, 0.25) is 0 Å².